The number of carbonyl (C=O) groups excluding carboxylic acids is 2. The Morgan fingerprint density at radius 3 is 2.57 bits per heavy atom. The van der Waals surface area contributed by atoms with Gasteiger partial charge in [-0.05, 0) is 71.5 Å². The molecule has 28 heavy (non-hydrogen) atoms. The number of amides is 2. The van der Waals surface area contributed by atoms with Crippen molar-refractivity contribution >= 4 is 57.9 Å². The van der Waals surface area contributed by atoms with Crippen molar-refractivity contribution in [3.63, 3.8) is 0 Å². The molecule has 9 heteroatoms. The average molecular weight is 516 g/mol. The van der Waals surface area contributed by atoms with Gasteiger partial charge in [0.25, 0.3) is 0 Å². The average Bonchev–Trinajstić information content (AvgIpc) is 2.65. The lowest BCUT2D eigenvalue weighted by atomic mass is 10.2. The molecule has 2 aromatic rings. The van der Waals surface area contributed by atoms with Crippen LogP contribution in [0.15, 0.2) is 41.5 Å². The van der Waals surface area contributed by atoms with Gasteiger partial charge in [0.2, 0.25) is 11.8 Å². The number of nitrogens with zero attached hydrogens (tertiary/aromatic N) is 1. The fourth-order valence-corrected chi connectivity index (χ4v) is 3.11. The molecule has 0 unspecified atom stereocenters. The molecular formula is C19H19ClIN3O4. The number of anilines is 1. The Kier molecular flexibility index (Phi) is 8.52. The SMILES string of the molecule is CCOc1c(I)cc(C=NNC(=O)CC(=O)Nc2ccc(Cl)cc2)cc1OC. The Labute approximate surface area is 181 Å². The number of benzene rings is 2. The maximum atomic E-state index is 11.9. The third-order valence-electron chi connectivity index (χ3n) is 3.39. The summed E-state index contributed by atoms with van der Waals surface area (Å²) >= 11 is 7.92. The highest BCUT2D eigenvalue weighted by molar-refractivity contribution is 14.1. The predicted octanol–water partition coefficient (Wildman–Crippen LogP) is 3.83. The first-order chi connectivity index (χ1) is 13.4. The third kappa shape index (κ3) is 6.68. The van der Waals surface area contributed by atoms with Crippen LogP contribution in [0.1, 0.15) is 18.9 Å². The van der Waals surface area contributed by atoms with Gasteiger partial charge in [0.05, 0.1) is 23.5 Å². The van der Waals surface area contributed by atoms with Gasteiger partial charge in [-0.25, -0.2) is 5.43 Å². The molecule has 2 aromatic carbocycles. The number of ether oxygens (including phenoxy) is 2. The summed E-state index contributed by atoms with van der Waals surface area (Å²) in [5.41, 5.74) is 3.60. The highest BCUT2D eigenvalue weighted by atomic mass is 127. The summed E-state index contributed by atoms with van der Waals surface area (Å²) in [4.78, 5) is 23.7. The number of hydrogen-bond acceptors (Lipinski definition) is 5. The maximum absolute atomic E-state index is 11.9. The standard InChI is InChI=1S/C19H19ClIN3O4/c1-3-28-19-15(21)8-12(9-16(19)27-2)11-22-24-18(26)10-17(25)23-14-6-4-13(20)5-7-14/h4-9,11H,3,10H2,1-2H3,(H,23,25)(H,24,26). The molecule has 2 N–H and O–H groups in total. The molecule has 2 rings (SSSR count). The van der Waals surface area contributed by atoms with Crippen molar-refractivity contribution in [2.75, 3.05) is 19.0 Å². The van der Waals surface area contributed by atoms with Crippen molar-refractivity contribution in [3.8, 4) is 11.5 Å². The van der Waals surface area contributed by atoms with E-state index in [2.05, 4.69) is 38.4 Å². The van der Waals surface area contributed by atoms with Crippen molar-refractivity contribution in [1.29, 1.82) is 0 Å². The first-order valence-electron chi connectivity index (χ1n) is 8.30. The number of hydrogen-bond donors (Lipinski definition) is 2. The van der Waals surface area contributed by atoms with E-state index in [-0.39, 0.29) is 6.42 Å². The number of methoxy groups -OCH3 is 1. The topological polar surface area (TPSA) is 89.0 Å². The van der Waals surface area contributed by atoms with Crippen molar-refractivity contribution in [2.45, 2.75) is 13.3 Å². The van der Waals surface area contributed by atoms with E-state index in [1.54, 1.807) is 37.4 Å². The van der Waals surface area contributed by atoms with E-state index in [0.717, 1.165) is 9.13 Å². The van der Waals surface area contributed by atoms with E-state index in [1.165, 1.54) is 6.21 Å². The fourth-order valence-electron chi connectivity index (χ4n) is 2.20. The van der Waals surface area contributed by atoms with Crippen LogP contribution in [0.3, 0.4) is 0 Å². The zero-order valence-electron chi connectivity index (χ0n) is 15.3. The van der Waals surface area contributed by atoms with Crippen LogP contribution in [-0.4, -0.2) is 31.7 Å². The number of carbonyl (C=O) groups is 2. The normalized spacial score (nSPS) is 10.6. The Hall–Kier alpha value is -2.33. The lowest BCUT2D eigenvalue weighted by Crippen LogP contribution is -2.24. The van der Waals surface area contributed by atoms with Crippen LogP contribution in [0.5, 0.6) is 11.5 Å². The molecule has 0 spiro atoms. The highest BCUT2D eigenvalue weighted by Crippen LogP contribution is 2.33. The summed E-state index contributed by atoms with van der Waals surface area (Å²) in [6.07, 6.45) is 1.11. The van der Waals surface area contributed by atoms with Crippen LogP contribution >= 0.6 is 34.2 Å². The quantitative estimate of drug-likeness (QED) is 0.242. The van der Waals surface area contributed by atoms with Gasteiger partial charge in [0.15, 0.2) is 11.5 Å². The van der Waals surface area contributed by atoms with E-state index in [4.69, 9.17) is 21.1 Å². The summed E-state index contributed by atoms with van der Waals surface area (Å²) in [7, 11) is 1.55. The zero-order chi connectivity index (χ0) is 20.5. The van der Waals surface area contributed by atoms with Crippen LogP contribution in [0.4, 0.5) is 5.69 Å². The largest absolute Gasteiger partial charge is 0.493 e. The van der Waals surface area contributed by atoms with Crippen molar-refractivity contribution in [1.82, 2.24) is 5.43 Å². The van der Waals surface area contributed by atoms with Gasteiger partial charge in [-0.15, -0.1) is 0 Å². The zero-order valence-corrected chi connectivity index (χ0v) is 18.2. The second kappa shape index (κ2) is 10.9. The molecule has 0 saturated carbocycles. The van der Waals surface area contributed by atoms with E-state index >= 15 is 0 Å². The summed E-state index contributed by atoms with van der Waals surface area (Å²) < 4.78 is 11.7. The minimum Gasteiger partial charge on any atom is -0.493 e. The summed E-state index contributed by atoms with van der Waals surface area (Å²) in [5.74, 6) is 0.247. The molecule has 2 amide bonds. The predicted molar refractivity (Wildman–Crippen MR) is 117 cm³/mol. The molecule has 0 heterocycles. The Balaban J connectivity index is 1.91. The molecule has 0 aliphatic heterocycles. The maximum Gasteiger partial charge on any atom is 0.249 e. The first kappa shape index (κ1) is 22.0. The second-order valence-electron chi connectivity index (χ2n) is 5.49. The molecule has 0 saturated heterocycles. The Bertz CT molecular complexity index is 872. The van der Waals surface area contributed by atoms with Gasteiger partial charge >= 0.3 is 0 Å². The first-order valence-corrected chi connectivity index (χ1v) is 9.76. The van der Waals surface area contributed by atoms with Gasteiger partial charge in [0.1, 0.15) is 6.42 Å². The number of halogens is 2. The minimum atomic E-state index is -0.532. The summed E-state index contributed by atoms with van der Waals surface area (Å²) in [6, 6.07) is 10.2. The Morgan fingerprint density at radius 1 is 1.21 bits per heavy atom. The van der Waals surface area contributed by atoms with Gasteiger partial charge < -0.3 is 14.8 Å². The molecule has 0 atom stereocenters. The monoisotopic (exact) mass is 515 g/mol. The van der Waals surface area contributed by atoms with Crippen LogP contribution in [0, 0.1) is 3.57 Å². The summed E-state index contributed by atoms with van der Waals surface area (Å²) in [5, 5.41) is 7.05. The summed E-state index contributed by atoms with van der Waals surface area (Å²) in [6.45, 7) is 2.41. The van der Waals surface area contributed by atoms with E-state index in [0.29, 0.717) is 28.8 Å². The van der Waals surface area contributed by atoms with E-state index in [1.807, 2.05) is 13.0 Å². The smallest absolute Gasteiger partial charge is 0.249 e. The van der Waals surface area contributed by atoms with Gasteiger partial charge in [0, 0.05) is 10.7 Å². The van der Waals surface area contributed by atoms with Crippen LogP contribution in [-0.2, 0) is 9.59 Å². The molecule has 0 aromatic heterocycles. The molecule has 0 radical (unpaired) electrons. The van der Waals surface area contributed by atoms with Gasteiger partial charge in [-0.3, -0.25) is 9.59 Å². The van der Waals surface area contributed by atoms with Crippen LogP contribution in [0.2, 0.25) is 5.02 Å². The van der Waals surface area contributed by atoms with E-state index < -0.39 is 11.8 Å². The molecule has 148 valence electrons. The number of rotatable bonds is 8. The van der Waals surface area contributed by atoms with Gasteiger partial charge in [-0.1, -0.05) is 11.6 Å². The van der Waals surface area contributed by atoms with E-state index in [9.17, 15) is 9.59 Å². The van der Waals surface area contributed by atoms with Crippen molar-refractivity contribution in [3.05, 3.63) is 50.6 Å². The number of hydrazone groups is 1. The lowest BCUT2D eigenvalue weighted by molar-refractivity contribution is -0.126. The second-order valence-corrected chi connectivity index (χ2v) is 7.09. The third-order valence-corrected chi connectivity index (χ3v) is 4.45. The van der Waals surface area contributed by atoms with Crippen molar-refractivity contribution < 1.29 is 19.1 Å². The molecule has 0 aliphatic carbocycles. The lowest BCUT2D eigenvalue weighted by Gasteiger charge is -2.12. The minimum absolute atomic E-state index is 0.357. The van der Waals surface area contributed by atoms with Crippen LogP contribution in [0.25, 0.3) is 0 Å². The number of nitrogens with one attached hydrogen (secondary N) is 2. The fraction of sp³-hybridized carbons (Fsp3) is 0.211. The van der Waals surface area contributed by atoms with Gasteiger partial charge in [-0.2, -0.15) is 5.10 Å². The molecule has 0 aliphatic rings. The Morgan fingerprint density at radius 2 is 1.93 bits per heavy atom. The molecule has 0 fully saturated rings. The molecule has 0 bridgehead atoms. The molecule has 7 nitrogen and oxygen atoms in total. The van der Waals surface area contributed by atoms with Crippen molar-refractivity contribution in [2.24, 2.45) is 5.10 Å². The highest BCUT2D eigenvalue weighted by Gasteiger charge is 2.11. The molecular weight excluding hydrogens is 497 g/mol. The van der Waals surface area contributed by atoms with Crippen LogP contribution < -0.4 is 20.2 Å².